The van der Waals surface area contributed by atoms with Crippen LogP contribution in [0.3, 0.4) is 0 Å². The minimum absolute atomic E-state index is 0.0287. The molecule has 2 heterocycles. The zero-order chi connectivity index (χ0) is 21.1. The second kappa shape index (κ2) is 8.50. The highest BCUT2D eigenvalue weighted by molar-refractivity contribution is 5.98. The number of pyridine rings is 1. The van der Waals surface area contributed by atoms with Crippen LogP contribution < -0.4 is 22.1 Å². The number of hydrogen-bond donors (Lipinski definition) is 4. The van der Waals surface area contributed by atoms with Crippen LogP contribution in [0.4, 0.5) is 21.7 Å². The van der Waals surface area contributed by atoms with Crippen molar-refractivity contribution in [3.05, 3.63) is 60.4 Å². The highest BCUT2D eigenvalue weighted by Crippen LogP contribution is 2.27. The Morgan fingerprint density at radius 1 is 1.20 bits per heavy atom. The molecule has 9 heteroatoms. The summed E-state index contributed by atoms with van der Waals surface area (Å²) in [4.78, 5) is 20.3. The van der Waals surface area contributed by atoms with Gasteiger partial charge in [-0.2, -0.15) is 0 Å². The average molecular weight is 409 g/mol. The molecule has 3 aromatic rings. The first-order valence-corrected chi connectivity index (χ1v) is 9.89. The Morgan fingerprint density at radius 2 is 2.03 bits per heavy atom. The number of amides is 1. The van der Waals surface area contributed by atoms with Gasteiger partial charge in [-0.15, -0.1) is 0 Å². The smallest absolute Gasteiger partial charge is 0.252 e. The predicted molar refractivity (Wildman–Crippen MR) is 113 cm³/mol. The van der Waals surface area contributed by atoms with E-state index in [2.05, 4.69) is 20.6 Å². The molecular formula is C21H24FN7O. The van der Waals surface area contributed by atoms with E-state index >= 15 is 0 Å². The minimum atomic E-state index is -0.768. The standard InChI is InChI=1S/C21H24FN7O/c22-16-11-15(19(24)30)20(28-21(16)27-18-7-2-1-6-17(18)23)26-13-4-3-5-14(10-13)29-9-8-25-12-29/h3-5,8-12,17-18H,1-2,6-7,23H2,(H2,24,30)(H2,26,27,28)/t17-,18+/m0/s1. The molecule has 1 aliphatic carbocycles. The van der Waals surface area contributed by atoms with Gasteiger partial charge in [-0.3, -0.25) is 4.79 Å². The molecule has 2 aromatic heterocycles. The van der Waals surface area contributed by atoms with Crippen LogP contribution in [0.15, 0.2) is 49.1 Å². The molecule has 6 N–H and O–H groups in total. The molecule has 1 fully saturated rings. The van der Waals surface area contributed by atoms with Gasteiger partial charge in [-0.1, -0.05) is 18.9 Å². The van der Waals surface area contributed by atoms with Crippen LogP contribution in [0.25, 0.3) is 5.69 Å². The molecule has 4 rings (SSSR count). The van der Waals surface area contributed by atoms with Crippen molar-refractivity contribution >= 4 is 23.2 Å². The number of hydrogen-bond acceptors (Lipinski definition) is 6. The number of aromatic nitrogens is 3. The number of nitrogens with two attached hydrogens (primary N) is 2. The lowest BCUT2D eigenvalue weighted by atomic mass is 9.91. The Bertz CT molecular complexity index is 1040. The van der Waals surface area contributed by atoms with E-state index in [-0.39, 0.29) is 29.3 Å². The maximum Gasteiger partial charge on any atom is 0.252 e. The normalized spacial score (nSPS) is 18.7. The highest BCUT2D eigenvalue weighted by atomic mass is 19.1. The number of benzene rings is 1. The number of halogens is 1. The molecule has 0 saturated heterocycles. The van der Waals surface area contributed by atoms with Crippen molar-refractivity contribution in [2.45, 2.75) is 37.8 Å². The van der Waals surface area contributed by atoms with Gasteiger partial charge in [-0.05, 0) is 37.1 Å². The van der Waals surface area contributed by atoms with Gasteiger partial charge >= 0.3 is 0 Å². The van der Waals surface area contributed by atoms with Crippen molar-refractivity contribution in [3.8, 4) is 5.69 Å². The molecule has 156 valence electrons. The van der Waals surface area contributed by atoms with Crippen molar-refractivity contribution in [3.63, 3.8) is 0 Å². The molecule has 2 atom stereocenters. The van der Waals surface area contributed by atoms with Crippen LogP contribution in [0.2, 0.25) is 0 Å². The Labute approximate surface area is 173 Å². The van der Waals surface area contributed by atoms with Crippen LogP contribution in [0.1, 0.15) is 36.0 Å². The first kappa shape index (κ1) is 19.8. The molecular weight excluding hydrogens is 385 g/mol. The van der Waals surface area contributed by atoms with Crippen molar-refractivity contribution in [2.24, 2.45) is 11.5 Å². The molecule has 0 bridgehead atoms. The molecule has 0 spiro atoms. The summed E-state index contributed by atoms with van der Waals surface area (Å²) in [6.45, 7) is 0. The average Bonchev–Trinajstić information content (AvgIpc) is 3.27. The molecule has 30 heavy (non-hydrogen) atoms. The van der Waals surface area contributed by atoms with E-state index in [1.165, 1.54) is 0 Å². The Balaban J connectivity index is 1.64. The van der Waals surface area contributed by atoms with E-state index in [0.717, 1.165) is 37.4 Å². The second-order valence-electron chi connectivity index (χ2n) is 7.42. The zero-order valence-electron chi connectivity index (χ0n) is 16.4. The molecule has 1 aliphatic rings. The zero-order valence-corrected chi connectivity index (χ0v) is 16.4. The fourth-order valence-electron chi connectivity index (χ4n) is 3.68. The van der Waals surface area contributed by atoms with Gasteiger partial charge < -0.3 is 26.7 Å². The Kier molecular flexibility index (Phi) is 5.62. The van der Waals surface area contributed by atoms with Gasteiger partial charge in [0, 0.05) is 35.9 Å². The summed E-state index contributed by atoms with van der Waals surface area (Å²) < 4.78 is 16.5. The topological polar surface area (TPSA) is 124 Å². The number of primary amides is 1. The summed E-state index contributed by atoms with van der Waals surface area (Å²) in [6, 6.07) is 8.41. The van der Waals surface area contributed by atoms with Gasteiger partial charge in [0.05, 0.1) is 11.9 Å². The Hall–Kier alpha value is -3.46. The van der Waals surface area contributed by atoms with E-state index in [1.54, 1.807) is 12.5 Å². The number of carbonyl (C=O) groups excluding carboxylic acids is 1. The van der Waals surface area contributed by atoms with E-state index in [0.29, 0.717) is 5.69 Å². The van der Waals surface area contributed by atoms with Crippen LogP contribution in [0, 0.1) is 5.82 Å². The van der Waals surface area contributed by atoms with Gasteiger partial charge in [0.2, 0.25) is 0 Å². The number of nitrogens with one attached hydrogen (secondary N) is 2. The minimum Gasteiger partial charge on any atom is -0.365 e. The number of rotatable bonds is 6. The summed E-state index contributed by atoms with van der Waals surface area (Å²) in [7, 11) is 0. The monoisotopic (exact) mass is 409 g/mol. The van der Waals surface area contributed by atoms with E-state index in [1.807, 2.05) is 35.0 Å². The fraction of sp³-hybridized carbons (Fsp3) is 0.286. The second-order valence-corrected chi connectivity index (χ2v) is 7.42. The van der Waals surface area contributed by atoms with E-state index in [9.17, 15) is 9.18 Å². The summed E-state index contributed by atoms with van der Waals surface area (Å²) in [5.41, 5.74) is 13.1. The van der Waals surface area contributed by atoms with E-state index < -0.39 is 11.7 Å². The first-order valence-electron chi connectivity index (χ1n) is 9.89. The van der Waals surface area contributed by atoms with Crippen LogP contribution in [0.5, 0.6) is 0 Å². The lowest BCUT2D eigenvalue weighted by molar-refractivity contribution is 0.100. The van der Waals surface area contributed by atoms with Gasteiger partial charge in [0.1, 0.15) is 5.82 Å². The molecule has 0 unspecified atom stereocenters. The lowest BCUT2D eigenvalue weighted by Crippen LogP contribution is -2.43. The van der Waals surface area contributed by atoms with Crippen molar-refractivity contribution in [1.82, 2.24) is 14.5 Å². The summed E-state index contributed by atoms with van der Waals surface area (Å²) in [5.74, 6) is -1.18. The number of carbonyl (C=O) groups is 1. The molecule has 8 nitrogen and oxygen atoms in total. The van der Waals surface area contributed by atoms with Crippen LogP contribution in [-0.2, 0) is 0 Å². The van der Waals surface area contributed by atoms with Gasteiger partial charge in [0.25, 0.3) is 5.91 Å². The third kappa shape index (κ3) is 4.25. The third-order valence-corrected chi connectivity index (χ3v) is 5.29. The molecule has 1 saturated carbocycles. The first-order chi connectivity index (χ1) is 14.5. The molecule has 0 aliphatic heterocycles. The summed E-state index contributed by atoms with van der Waals surface area (Å²) in [5, 5.41) is 6.20. The predicted octanol–water partition coefficient (Wildman–Crippen LogP) is 2.93. The SMILES string of the molecule is NC(=O)c1cc(F)c(N[C@@H]2CCCC[C@@H]2N)nc1Nc1cccc(-n2ccnc2)c1. The molecule has 0 radical (unpaired) electrons. The number of imidazole rings is 1. The maximum absolute atomic E-state index is 14.6. The van der Waals surface area contributed by atoms with Crippen molar-refractivity contribution < 1.29 is 9.18 Å². The largest absolute Gasteiger partial charge is 0.365 e. The number of anilines is 3. The van der Waals surface area contributed by atoms with Crippen molar-refractivity contribution in [2.75, 3.05) is 10.6 Å². The number of nitrogens with zero attached hydrogens (tertiary/aromatic N) is 3. The summed E-state index contributed by atoms with van der Waals surface area (Å²) >= 11 is 0. The van der Waals surface area contributed by atoms with Crippen molar-refractivity contribution in [1.29, 1.82) is 0 Å². The quantitative estimate of drug-likeness (QED) is 0.496. The summed E-state index contributed by atoms with van der Waals surface area (Å²) in [6.07, 6.45) is 8.99. The fourth-order valence-corrected chi connectivity index (χ4v) is 3.68. The highest BCUT2D eigenvalue weighted by Gasteiger charge is 2.24. The molecule has 1 aromatic carbocycles. The van der Waals surface area contributed by atoms with Gasteiger partial charge in [-0.25, -0.2) is 14.4 Å². The van der Waals surface area contributed by atoms with Crippen LogP contribution in [-0.4, -0.2) is 32.5 Å². The lowest BCUT2D eigenvalue weighted by Gasteiger charge is -2.30. The maximum atomic E-state index is 14.6. The third-order valence-electron chi connectivity index (χ3n) is 5.29. The Morgan fingerprint density at radius 3 is 2.77 bits per heavy atom. The molecule has 1 amide bonds. The van der Waals surface area contributed by atoms with Crippen LogP contribution >= 0.6 is 0 Å². The van der Waals surface area contributed by atoms with E-state index in [4.69, 9.17) is 11.5 Å². The van der Waals surface area contributed by atoms with Gasteiger partial charge in [0.15, 0.2) is 11.6 Å².